The van der Waals surface area contributed by atoms with E-state index in [0.717, 1.165) is 6.07 Å². The van der Waals surface area contributed by atoms with Crippen LogP contribution in [-0.4, -0.2) is 56.3 Å². The minimum atomic E-state index is -3.68. The van der Waals surface area contributed by atoms with Gasteiger partial charge in [0.15, 0.2) is 27.2 Å². The Bertz CT molecular complexity index is 1370. The fourth-order valence-electron chi connectivity index (χ4n) is 3.62. The first kappa shape index (κ1) is 25.5. The number of nitrogens with zero attached hydrogens (tertiary/aromatic N) is 2. The van der Waals surface area contributed by atoms with E-state index in [0.29, 0.717) is 18.8 Å². The molecule has 1 aromatic heterocycles. The predicted octanol–water partition coefficient (Wildman–Crippen LogP) is 3.57. The molecule has 4 rings (SSSR count). The summed E-state index contributed by atoms with van der Waals surface area (Å²) in [7, 11) is -0.420. The van der Waals surface area contributed by atoms with Crippen LogP contribution in [-0.2, 0) is 21.6 Å². The highest BCUT2D eigenvalue weighted by molar-refractivity contribution is 7.91. The maximum Gasteiger partial charge on any atom is 0.257 e. The average molecular weight is 520 g/mol. The topological polar surface area (TPSA) is 118 Å². The van der Waals surface area contributed by atoms with Gasteiger partial charge in [0.25, 0.3) is 5.91 Å². The number of carbonyl (C=O) groups excluding carboxylic acids is 1. The number of anilines is 1. The maximum atomic E-state index is 14.9. The fourth-order valence-corrected chi connectivity index (χ4v) is 5.04. The molecule has 36 heavy (non-hydrogen) atoms. The van der Waals surface area contributed by atoms with Crippen LogP contribution in [0.5, 0.6) is 23.0 Å². The Morgan fingerprint density at radius 1 is 1.25 bits per heavy atom. The number of fused-ring (bicyclic) bond motifs is 1. The number of aromatic nitrogens is 2. The molecule has 1 aliphatic heterocycles. The van der Waals surface area contributed by atoms with Gasteiger partial charge in [0.05, 0.1) is 19.0 Å². The summed E-state index contributed by atoms with van der Waals surface area (Å²) in [6.45, 7) is 2.26. The van der Waals surface area contributed by atoms with Gasteiger partial charge in [0.1, 0.15) is 28.2 Å². The smallest absolute Gasteiger partial charge is 0.257 e. The van der Waals surface area contributed by atoms with E-state index < -0.39 is 21.6 Å². The van der Waals surface area contributed by atoms with Crippen LogP contribution >= 0.6 is 0 Å². The summed E-state index contributed by atoms with van der Waals surface area (Å²) in [5, 5.41) is 6.80. The maximum absolute atomic E-state index is 14.9. The summed E-state index contributed by atoms with van der Waals surface area (Å²) < 4.78 is 63.5. The Balaban J connectivity index is 1.67. The summed E-state index contributed by atoms with van der Waals surface area (Å²) in [6, 6.07) is 8.14. The van der Waals surface area contributed by atoms with Crippen LogP contribution in [0.1, 0.15) is 23.7 Å². The van der Waals surface area contributed by atoms with Gasteiger partial charge in [-0.15, -0.1) is 0 Å². The second-order valence-corrected chi connectivity index (χ2v) is 10.3. The Kier molecular flexibility index (Phi) is 7.45. The van der Waals surface area contributed by atoms with Crippen molar-refractivity contribution >= 4 is 21.6 Å². The Morgan fingerprint density at radius 3 is 2.75 bits per heavy atom. The first-order chi connectivity index (χ1) is 17.1. The van der Waals surface area contributed by atoms with Gasteiger partial charge in [-0.3, -0.25) is 9.48 Å². The summed E-state index contributed by atoms with van der Waals surface area (Å²) in [4.78, 5) is 12.7. The number of halogens is 1. The molecule has 1 N–H and O–H groups in total. The molecule has 12 heteroatoms. The molecule has 3 aromatic rings. The van der Waals surface area contributed by atoms with Crippen molar-refractivity contribution in [3.63, 3.8) is 0 Å². The van der Waals surface area contributed by atoms with Gasteiger partial charge in [-0.05, 0) is 25.5 Å². The fraction of sp³-hybridized carbons (Fsp3) is 0.333. The van der Waals surface area contributed by atoms with Crippen molar-refractivity contribution in [2.45, 2.75) is 24.3 Å². The van der Waals surface area contributed by atoms with E-state index in [1.165, 1.54) is 31.4 Å². The second-order valence-electron chi connectivity index (χ2n) is 8.26. The second kappa shape index (κ2) is 10.5. The van der Waals surface area contributed by atoms with Crippen molar-refractivity contribution in [3.05, 3.63) is 54.0 Å². The number of methoxy groups -OCH3 is 1. The first-order valence-electron chi connectivity index (χ1n) is 11.1. The van der Waals surface area contributed by atoms with Crippen molar-refractivity contribution in [2.24, 2.45) is 7.05 Å². The molecule has 1 aliphatic rings. The molecule has 2 heterocycles. The lowest BCUT2D eigenvalue weighted by atomic mass is 10.2. The van der Waals surface area contributed by atoms with Crippen LogP contribution in [0, 0.1) is 5.82 Å². The van der Waals surface area contributed by atoms with Crippen molar-refractivity contribution in [1.29, 1.82) is 0 Å². The molecule has 0 radical (unpaired) electrons. The van der Waals surface area contributed by atoms with E-state index in [1.807, 2.05) is 0 Å². The molecule has 0 aliphatic carbocycles. The highest BCUT2D eigenvalue weighted by atomic mass is 32.2. The minimum Gasteiger partial charge on any atom is -0.492 e. The summed E-state index contributed by atoms with van der Waals surface area (Å²) in [5.41, 5.74) is 0.173. The quantitative estimate of drug-likeness (QED) is 0.480. The molecule has 10 nitrogen and oxygen atoms in total. The molecule has 1 atom stereocenters. The number of aryl methyl sites for hydroxylation is 1. The average Bonchev–Trinajstić information content (AvgIpc) is 3.16. The lowest BCUT2D eigenvalue weighted by molar-refractivity contribution is 0.0915. The number of amides is 1. The summed E-state index contributed by atoms with van der Waals surface area (Å²) in [6.07, 6.45) is 1.63. The minimum absolute atomic E-state index is 0.0122. The Hall–Kier alpha value is -3.64. The SMILES string of the molecule is COC[C@H](C)Oc1cc(Oc2cc3c(cc2F)S(=O)(=O)CCCO3)cc(C(=O)Nc2ccn(C)n2)c1. The van der Waals surface area contributed by atoms with E-state index in [2.05, 4.69) is 10.4 Å². The molecular weight excluding hydrogens is 493 g/mol. The van der Waals surface area contributed by atoms with Gasteiger partial charge >= 0.3 is 0 Å². The van der Waals surface area contributed by atoms with Gasteiger partial charge in [-0.2, -0.15) is 5.10 Å². The van der Waals surface area contributed by atoms with Crippen LogP contribution in [0.3, 0.4) is 0 Å². The van der Waals surface area contributed by atoms with Crippen molar-refractivity contribution in [2.75, 3.05) is 31.4 Å². The molecule has 0 unspecified atom stereocenters. The number of nitrogens with one attached hydrogen (secondary N) is 1. The molecule has 2 aromatic carbocycles. The Morgan fingerprint density at radius 2 is 2.03 bits per heavy atom. The zero-order valence-electron chi connectivity index (χ0n) is 20.0. The van der Waals surface area contributed by atoms with Gasteiger partial charge in [0, 0.05) is 50.2 Å². The standard InChI is InChI=1S/C24H26FN3O7S/c1-15(14-32-3)34-17-9-16(24(29)26-23-5-6-28(2)27-23)10-18(11-17)35-20-13-21-22(12-19(20)25)36(30,31)8-4-7-33-21/h5-6,9-13,15H,4,7-8,14H2,1-3H3,(H,26,27,29)/t15-/m0/s1. The largest absolute Gasteiger partial charge is 0.492 e. The molecule has 1 amide bonds. The monoisotopic (exact) mass is 519 g/mol. The number of sulfone groups is 1. The zero-order chi connectivity index (χ0) is 25.9. The van der Waals surface area contributed by atoms with Crippen LogP contribution < -0.4 is 19.5 Å². The first-order valence-corrected chi connectivity index (χ1v) is 12.8. The number of rotatable bonds is 8. The molecule has 0 fully saturated rings. The predicted molar refractivity (Wildman–Crippen MR) is 128 cm³/mol. The van der Waals surface area contributed by atoms with E-state index in [-0.39, 0.29) is 51.9 Å². The third-order valence-corrected chi connectivity index (χ3v) is 7.03. The van der Waals surface area contributed by atoms with Crippen molar-refractivity contribution in [1.82, 2.24) is 9.78 Å². The van der Waals surface area contributed by atoms with Crippen LogP contribution in [0.4, 0.5) is 10.2 Å². The number of carbonyl (C=O) groups is 1. The van der Waals surface area contributed by atoms with Gasteiger partial charge in [-0.1, -0.05) is 0 Å². The number of benzene rings is 2. The highest BCUT2D eigenvalue weighted by Crippen LogP contribution is 2.37. The number of ether oxygens (including phenoxy) is 4. The summed E-state index contributed by atoms with van der Waals surface area (Å²) >= 11 is 0. The van der Waals surface area contributed by atoms with Gasteiger partial charge in [0.2, 0.25) is 0 Å². The third-order valence-electron chi connectivity index (χ3n) is 5.21. The highest BCUT2D eigenvalue weighted by Gasteiger charge is 2.26. The molecule has 0 bridgehead atoms. The van der Waals surface area contributed by atoms with E-state index in [9.17, 15) is 17.6 Å². The van der Waals surface area contributed by atoms with E-state index in [4.69, 9.17) is 18.9 Å². The Labute approximate surface area is 207 Å². The molecule has 0 saturated heterocycles. The van der Waals surface area contributed by atoms with Crippen LogP contribution in [0.15, 0.2) is 47.5 Å². The van der Waals surface area contributed by atoms with Crippen molar-refractivity contribution in [3.8, 4) is 23.0 Å². The van der Waals surface area contributed by atoms with E-state index in [1.54, 1.807) is 30.9 Å². The lowest BCUT2D eigenvalue weighted by Crippen LogP contribution is -2.18. The van der Waals surface area contributed by atoms with Crippen LogP contribution in [0.2, 0.25) is 0 Å². The van der Waals surface area contributed by atoms with Gasteiger partial charge in [-0.25, -0.2) is 12.8 Å². The van der Waals surface area contributed by atoms with E-state index >= 15 is 0 Å². The third kappa shape index (κ3) is 5.94. The molecule has 192 valence electrons. The van der Waals surface area contributed by atoms with Gasteiger partial charge < -0.3 is 24.3 Å². The van der Waals surface area contributed by atoms with Crippen molar-refractivity contribution < 1.29 is 36.6 Å². The normalized spacial score (nSPS) is 15.2. The molecule has 0 spiro atoms. The summed E-state index contributed by atoms with van der Waals surface area (Å²) in [5.74, 6) is -1.02. The zero-order valence-corrected chi connectivity index (χ0v) is 20.8. The lowest BCUT2D eigenvalue weighted by Gasteiger charge is -2.17. The molecular formula is C24H26FN3O7S. The molecule has 0 saturated carbocycles. The number of hydrogen-bond acceptors (Lipinski definition) is 8. The van der Waals surface area contributed by atoms with Crippen LogP contribution in [0.25, 0.3) is 0 Å². The number of hydrogen-bond donors (Lipinski definition) is 1.